The molecule has 2 heterocycles. The van der Waals surface area contributed by atoms with E-state index in [1.165, 1.54) is 17.7 Å². The highest BCUT2D eigenvalue weighted by molar-refractivity contribution is 5.59. The van der Waals surface area contributed by atoms with E-state index in [0.29, 0.717) is 12.1 Å². The molecule has 1 aromatic carbocycles. The molecule has 14 heavy (non-hydrogen) atoms. The molecule has 2 nitrogen and oxygen atoms in total. The maximum atomic E-state index is 6.00. The average Bonchev–Trinajstić information content (AvgIpc) is 2.54. The molecular formula is C12H16N2. The molecule has 2 heteroatoms. The first-order chi connectivity index (χ1) is 6.84. The fourth-order valence-corrected chi connectivity index (χ4v) is 2.81. The van der Waals surface area contributed by atoms with Gasteiger partial charge in [-0.25, -0.2) is 0 Å². The molecule has 74 valence electrons. The monoisotopic (exact) mass is 188 g/mol. The van der Waals surface area contributed by atoms with Gasteiger partial charge in [-0.3, -0.25) is 0 Å². The van der Waals surface area contributed by atoms with Crippen LogP contribution in [0.15, 0.2) is 24.3 Å². The molecule has 2 aliphatic heterocycles. The maximum absolute atomic E-state index is 6.00. The van der Waals surface area contributed by atoms with Crippen LogP contribution in [0.4, 0.5) is 5.69 Å². The Morgan fingerprint density at radius 1 is 1.29 bits per heavy atom. The summed E-state index contributed by atoms with van der Waals surface area (Å²) < 4.78 is 0. The van der Waals surface area contributed by atoms with Gasteiger partial charge in [0.25, 0.3) is 0 Å². The molecular weight excluding hydrogens is 172 g/mol. The number of fused-ring (bicyclic) bond motifs is 3. The molecule has 0 amide bonds. The van der Waals surface area contributed by atoms with Gasteiger partial charge in [0.05, 0.1) is 0 Å². The zero-order chi connectivity index (χ0) is 9.54. The molecule has 1 saturated heterocycles. The summed E-state index contributed by atoms with van der Waals surface area (Å²) in [6.07, 6.45) is 3.50. The number of benzene rings is 1. The van der Waals surface area contributed by atoms with E-state index in [2.05, 4.69) is 29.2 Å². The third kappa shape index (κ3) is 1.14. The number of para-hydroxylation sites is 1. The summed E-state index contributed by atoms with van der Waals surface area (Å²) in [6.45, 7) is 1.14. The molecule has 1 fully saturated rings. The van der Waals surface area contributed by atoms with E-state index in [4.69, 9.17) is 5.73 Å². The smallest absolute Gasteiger partial charge is 0.0402 e. The van der Waals surface area contributed by atoms with Crippen LogP contribution in [0.1, 0.15) is 18.4 Å². The van der Waals surface area contributed by atoms with Crippen molar-refractivity contribution in [1.29, 1.82) is 0 Å². The second-order valence-corrected chi connectivity index (χ2v) is 4.46. The van der Waals surface area contributed by atoms with Crippen LogP contribution in [-0.2, 0) is 6.42 Å². The third-order valence-electron chi connectivity index (χ3n) is 3.51. The summed E-state index contributed by atoms with van der Waals surface area (Å²) in [5.74, 6) is 0. The molecule has 2 unspecified atom stereocenters. The van der Waals surface area contributed by atoms with E-state index in [9.17, 15) is 0 Å². The standard InChI is InChI=1S/C12H16N2/c13-10-5-6-14-11(8-10)7-9-3-1-2-4-12(9)14/h1-4,10-11H,5-8,13H2. The fraction of sp³-hybridized carbons (Fsp3) is 0.500. The molecule has 0 radical (unpaired) electrons. The van der Waals surface area contributed by atoms with Gasteiger partial charge in [-0.1, -0.05) is 18.2 Å². The van der Waals surface area contributed by atoms with E-state index < -0.39 is 0 Å². The molecule has 1 aromatic rings. The normalized spacial score (nSPS) is 29.9. The minimum Gasteiger partial charge on any atom is -0.368 e. The molecule has 0 saturated carbocycles. The van der Waals surface area contributed by atoms with E-state index in [1.54, 1.807) is 0 Å². The molecule has 0 spiro atoms. The van der Waals surface area contributed by atoms with Gasteiger partial charge in [0.2, 0.25) is 0 Å². The molecule has 0 aliphatic carbocycles. The van der Waals surface area contributed by atoms with Gasteiger partial charge in [0.15, 0.2) is 0 Å². The minimum atomic E-state index is 0.422. The first kappa shape index (κ1) is 8.30. The summed E-state index contributed by atoms with van der Waals surface area (Å²) in [6, 6.07) is 9.86. The lowest BCUT2D eigenvalue weighted by Gasteiger charge is -2.35. The predicted molar refractivity (Wildman–Crippen MR) is 58.5 cm³/mol. The maximum Gasteiger partial charge on any atom is 0.0402 e. The Balaban J connectivity index is 1.94. The van der Waals surface area contributed by atoms with Crippen molar-refractivity contribution >= 4 is 5.69 Å². The van der Waals surface area contributed by atoms with Crippen LogP contribution < -0.4 is 10.6 Å². The molecule has 2 aliphatic rings. The van der Waals surface area contributed by atoms with Crippen LogP contribution in [0.2, 0.25) is 0 Å². The Morgan fingerprint density at radius 2 is 2.14 bits per heavy atom. The minimum absolute atomic E-state index is 0.422. The first-order valence-corrected chi connectivity index (χ1v) is 5.45. The van der Waals surface area contributed by atoms with Crippen LogP contribution in [0.5, 0.6) is 0 Å². The van der Waals surface area contributed by atoms with Crippen molar-refractivity contribution in [2.24, 2.45) is 5.73 Å². The Hall–Kier alpha value is -1.02. The van der Waals surface area contributed by atoms with Crippen molar-refractivity contribution < 1.29 is 0 Å². The van der Waals surface area contributed by atoms with Crippen LogP contribution in [0, 0.1) is 0 Å². The van der Waals surface area contributed by atoms with Crippen molar-refractivity contribution in [2.45, 2.75) is 31.3 Å². The third-order valence-corrected chi connectivity index (χ3v) is 3.51. The Kier molecular flexibility index (Phi) is 1.77. The van der Waals surface area contributed by atoms with E-state index in [0.717, 1.165) is 19.4 Å². The van der Waals surface area contributed by atoms with E-state index in [-0.39, 0.29) is 0 Å². The summed E-state index contributed by atoms with van der Waals surface area (Å²) in [5, 5.41) is 0. The van der Waals surface area contributed by atoms with Gasteiger partial charge in [0, 0.05) is 24.3 Å². The zero-order valence-electron chi connectivity index (χ0n) is 8.32. The number of rotatable bonds is 0. The number of piperidine rings is 1. The van der Waals surface area contributed by atoms with Crippen molar-refractivity contribution in [3.8, 4) is 0 Å². The molecule has 2 atom stereocenters. The van der Waals surface area contributed by atoms with Gasteiger partial charge in [-0.05, 0) is 30.9 Å². The lowest BCUT2D eigenvalue weighted by Crippen LogP contribution is -2.45. The molecule has 2 N–H and O–H groups in total. The Morgan fingerprint density at radius 3 is 3.07 bits per heavy atom. The highest BCUT2D eigenvalue weighted by Gasteiger charge is 2.33. The van der Waals surface area contributed by atoms with Crippen LogP contribution in [-0.4, -0.2) is 18.6 Å². The van der Waals surface area contributed by atoms with Crippen molar-refractivity contribution in [2.75, 3.05) is 11.4 Å². The van der Waals surface area contributed by atoms with Crippen LogP contribution in [0.25, 0.3) is 0 Å². The Bertz CT molecular complexity index is 348. The highest BCUT2D eigenvalue weighted by atomic mass is 15.2. The number of hydrogen-bond donors (Lipinski definition) is 1. The summed E-state index contributed by atoms with van der Waals surface area (Å²) in [4.78, 5) is 2.54. The Labute approximate surface area is 84.7 Å². The van der Waals surface area contributed by atoms with Crippen LogP contribution >= 0.6 is 0 Å². The summed E-state index contributed by atoms with van der Waals surface area (Å²) >= 11 is 0. The topological polar surface area (TPSA) is 29.3 Å². The number of nitrogens with zero attached hydrogens (tertiary/aromatic N) is 1. The summed E-state index contributed by atoms with van der Waals surface area (Å²) in [5.41, 5.74) is 8.95. The molecule has 3 rings (SSSR count). The number of anilines is 1. The SMILES string of the molecule is NC1CCN2c3ccccc3CC2C1. The zero-order valence-corrected chi connectivity index (χ0v) is 8.32. The fourth-order valence-electron chi connectivity index (χ4n) is 2.81. The number of nitrogens with two attached hydrogens (primary N) is 1. The average molecular weight is 188 g/mol. The second kappa shape index (κ2) is 2.99. The van der Waals surface area contributed by atoms with Gasteiger partial charge in [0.1, 0.15) is 0 Å². The van der Waals surface area contributed by atoms with Gasteiger partial charge in [-0.15, -0.1) is 0 Å². The van der Waals surface area contributed by atoms with Gasteiger partial charge >= 0.3 is 0 Å². The summed E-state index contributed by atoms with van der Waals surface area (Å²) in [7, 11) is 0. The van der Waals surface area contributed by atoms with Crippen molar-refractivity contribution in [3.63, 3.8) is 0 Å². The molecule has 0 aromatic heterocycles. The van der Waals surface area contributed by atoms with Gasteiger partial charge in [-0.2, -0.15) is 0 Å². The lowest BCUT2D eigenvalue weighted by atomic mass is 9.97. The van der Waals surface area contributed by atoms with Crippen molar-refractivity contribution in [3.05, 3.63) is 29.8 Å². The quantitative estimate of drug-likeness (QED) is 0.669. The van der Waals surface area contributed by atoms with E-state index in [1.807, 2.05) is 0 Å². The van der Waals surface area contributed by atoms with Crippen LogP contribution in [0.3, 0.4) is 0 Å². The molecule has 0 bridgehead atoms. The lowest BCUT2D eigenvalue weighted by molar-refractivity contribution is 0.425. The second-order valence-electron chi connectivity index (χ2n) is 4.46. The largest absolute Gasteiger partial charge is 0.368 e. The highest BCUT2D eigenvalue weighted by Crippen LogP contribution is 2.36. The predicted octanol–water partition coefficient (Wildman–Crippen LogP) is 1.54. The first-order valence-electron chi connectivity index (χ1n) is 5.45. The van der Waals surface area contributed by atoms with E-state index >= 15 is 0 Å². The van der Waals surface area contributed by atoms with Gasteiger partial charge < -0.3 is 10.6 Å². The number of hydrogen-bond acceptors (Lipinski definition) is 2. The van der Waals surface area contributed by atoms with Crippen molar-refractivity contribution in [1.82, 2.24) is 0 Å².